The van der Waals surface area contributed by atoms with E-state index in [2.05, 4.69) is 5.32 Å². The van der Waals surface area contributed by atoms with Gasteiger partial charge in [-0.2, -0.15) is 0 Å². The van der Waals surface area contributed by atoms with Crippen LogP contribution in [0.15, 0.2) is 23.1 Å². The maximum absolute atomic E-state index is 11.4. The molecular weight excluding hydrogens is 244 g/mol. The van der Waals surface area contributed by atoms with Gasteiger partial charge in [-0.1, -0.05) is 11.6 Å². The monoisotopic (exact) mass is 256 g/mol. The summed E-state index contributed by atoms with van der Waals surface area (Å²) in [5.74, 6) is 0.476. The standard InChI is InChI=1S/C11H13ClN2OS/c12-7-1-4-10(9(13)5-7)16-6-11(15)14-8-2-3-8/h1,4-5,8H,2-3,6,13H2,(H,14,15). The minimum absolute atomic E-state index is 0.0712. The molecule has 1 fully saturated rings. The Labute approximate surface area is 104 Å². The van der Waals surface area contributed by atoms with Gasteiger partial charge < -0.3 is 11.1 Å². The number of hydrogen-bond acceptors (Lipinski definition) is 3. The number of carbonyl (C=O) groups is 1. The van der Waals surface area contributed by atoms with E-state index in [1.165, 1.54) is 11.8 Å². The first-order valence-electron chi connectivity index (χ1n) is 5.12. The van der Waals surface area contributed by atoms with E-state index in [0.717, 1.165) is 17.7 Å². The molecule has 2 rings (SSSR count). The summed E-state index contributed by atoms with van der Waals surface area (Å²) >= 11 is 7.23. The third-order valence-electron chi connectivity index (χ3n) is 2.27. The number of nitrogens with two attached hydrogens (primary N) is 1. The number of hydrogen-bond donors (Lipinski definition) is 2. The van der Waals surface area contributed by atoms with Gasteiger partial charge in [-0.3, -0.25) is 4.79 Å². The van der Waals surface area contributed by atoms with Crippen LogP contribution < -0.4 is 11.1 Å². The maximum Gasteiger partial charge on any atom is 0.230 e. The van der Waals surface area contributed by atoms with Gasteiger partial charge in [0, 0.05) is 21.6 Å². The Balaban J connectivity index is 1.85. The molecule has 0 saturated heterocycles. The summed E-state index contributed by atoms with van der Waals surface area (Å²) in [6, 6.07) is 5.73. The number of thioether (sulfide) groups is 1. The summed E-state index contributed by atoms with van der Waals surface area (Å²) in [5.41, 5.74) is 6.41. The van der Waals surface area contributed by atoms with Crippen molar-refractivity contribution in [3.05, 3.63) is 23.2 Å². The fourth-order valence-corrected chi connectivity index (χ4v) is 2.23. The minimum Gasteiger partial charge on any atom is -0.398 e. The molecule has 0 aliphatic heterocycles. The van der Waals surface area contributed by atoms with E-state index in [1.54, 1.807) is 12.1 Å². The zero-order valence-electron chi connectivity index (χ0n) is 8.70. The number of anilines is 1. The lowest BCUT2D eigenvalue weighted by Crippen LogP contribution is -2.26. The van der Waals surface area contributed by atoms with Crippen molar-refractivity contribution in [2.45, 2.75) is 23.8 Å². The van der Waals surface area contributed by atoms with Crippen molar-refractivity contribution in [2.24, 2.45) is 0 Å². The molecule has 1 aromatic rings. The van der Waals surface area contributed by atoms with Crippen molar-refractivity contribution in [3.8, 4) is 0 Å². The second kappa shape index (κ2) is 4.97. The van der Waals surface area contributed by atoms with E-state index in [0.29, 0.717) is 22.5 Å². The summed E-state index contributed by atoms with van der Waals surface area (Å²) in [5, 5.41) is 3.54. The van der Waals surface area contributed by atoms with E-state index < -0.39 is 0 Å². The van der Waals surface area contributed by atoms with Gasteiger partial charge >= 0.3 is 0 Å². The van der Waals surface area contributed by atoms with Crippen LogP contribution in [-0.2, 0) is 4.79 Å². The van der Waals surface area contributed by atoms with Crippen LogP contribution in [0.5, 0.6) is 0 Å². The number of halogens is 1. The highest BCUT2D eigenvalue weighted by molar-refractivity contribution is 8.00. The number of nitrogen functional groups attached to an aromatic ring is 1. The molecule has 16 heavy (non-hydrogen) atoms. The van der Waals surface area contributed by atoms with Crippen molar-refractivity contribution < 1.29 is 4.79 Å². The van der Waals surface area contributed by atoms with E-state index in [4.69, 9.17) is 17.3 Å². The van der Waals surface area contributed by atoms with Crippen molar-refractivity contribution >= 4 is 35.0 Å². The SMILES string of the molecule is Nc1cc(Cl)ccc1SCC(=O)NC1CC1. The molecule has 1 aliphatic rings. The fraction of sp³-hybridized carbons (Fsp3) is 0.364. The first-order valence-corrected chi connectivity index (χ1v) is 6.48. The van der Waals surface area contributed by atoms with Crippen LogP contribution in [0.25, 0.3) is 0 Å². The Morgan fingerprint density at radius 1 is 1.56 bits per heavy atom. The fourth-order valence-electron chi connectivity index (χ4n) is 1.29. The Bertz CT molecular complexity index is 407. The van der Waals surface area contributed by atoms with Gasteiger partial charge in [-0.15, -0.1) is 11.8 Å². The zero-order chi connectivity index (χ0) is 11.5. The van der Waals surface area contributed by atoms with E-state index in [-0.39, 0.29) is 5.91 Å². The Morgan fingerprint density at radius 2 is 2.31 bits per heavy atom. The molecule has 0 aromatic heterocycles. The molecule has 1 amide bonds. The summed E-state index contributed by atoms with van der Waals surface area (Å²) in [7, 11) is 0. The predicted octanol–water partition coefficient (Wildman–Crippen LogP) is 2.29. The minimum atomic E-state index is 0.0712. The van der Waals surface area contributed by atoms with Gasteiger partial charge in [0.1, 0.15) is 0 Å². The van der Waals surface area contributed by atoms with Gasteiger partial charge in [-0.25, -0.2) is 0 Å². The quantitative estimate of drug-likeness (QED) is 0.642. The summed E-state index contributed by atoms with van der Waals surface area (Å²) in [6.07, 6.45) is 2.22. The van der Waals surface area contributed by atoms with Gasteiger partial charge in [0.2, 0.25) is 5.91 Å². The van der Waals surface area contributed by atoms with Crippen LogP contribution in [0.4, 0.5) is 5.69 Å². The molecule has 0 spiro atoms. The molecule has 0 radical (unpaired) electrons. The number of benzene rings is 1. The Hall–Kier alpha value is -0.870. The number of rotatable bonds is 4. The first kappa shape index (κ1) is 11.6. The summed E-state index contributed by atoms with van der Waals surface area (Å²) in [6.45, 7) is 0. The highest BCUT2D eigenvalue weighted by Crippen LogP contribution is 2.27. The second-order valence-electron chi connectivity index (χ2n) is 3.81. The summed E-state index contributed by atoms with van der Waals surface area (Å²) in [4.78, 5) is 12.3. The molecule has 1 saturated carbocycles. The molecule has 5 heteroatoms. The lowest BCUT2D eigenvalue weighted by molar-refractivity contribution is -0.118. The Morgan fingerprint density at radius 3 is 2.94 bits per heavy atom. The lowest BCUT2D eigenvalue weighted by atomic mass is 10.3. The molecule has 3 nitrogen and oxygen atoms in total. The topological polar surface area (TPSA) is 55.1 Å². The molecule has 0 atom stereocenters. The number of amides is 1. The maximum atomic E-state index is 11.4. The van der Waals surface area contributed by atoms with Crippen molar-refractivity contribution in [2.75, 3.05) is 11.5 Å². The molecule has 1 aliphatic carbocycles. The van der Waals surface area contributed by atoms with Crippen molar-refractivity contribution in [1.82, 2.24) is 5.32 Å². The zero-order valence-corrected chi connectivity index (χ0v) is 10.3. The van der Waals surface area contributed by atoms with Crippen molar-refractivity contribution in [1.29, 1.82) is 0 Å². The number of carbonyl (C=O) groups excluding carboxylic acids is 1. The number of nitrogens with one attached hydrogen (secondary N) is 1. The third kappa shape index (κ3) is 3.32. The van der Waals surface area contributed by atoms with Crippen LogP contribution >= 0.6 is 23.4 Å². The molecule has 0 heterocycles. The van der Waals surface area contributed by atoms with E-state index in [1.807, 2.05) is 6.07 Å². The molecule has 0 unspecified atom stereocenters. The largest absolute Gasteiger partial charge is 0.398 e. The molecule has 3 N–H and O–H groups in total. The van der Waals surface area contributed by atoms with Crippen LogP contribution in [0, 0.1) is 0 Å². The van der Waals surface area contributed by atoms with Gasteiger partial charge in [0.05, 0.1) is 5.75 Å². The highest BCUT2D eigenvalue weighted by Gasteiger charge is 2.23. The third-order valence-corrected chi connectivity index (χ3v) is 3.60. The van der Waals surface area contributed by atoms with Crippen LogP contribution in [-0.4, -0.2) is 17.7 Å². The van der Waals surface area contributed by atoms with Gasteiger partial charge in [0.25, 0.3) is 0 Å². The van der Waals surface area contributed by atoms with E-state index in [9.17, 15) is 4.79 Å². The van der Waals surface area contributed by atoms with Crippen molar-refractivity contribution in [3.63, 3.8) is 0 Å². The second-order valence-corrected chi connectivity index (χ2v) is 5.27. The lowest BCUT2D eigenvalue weighted by Gasteiger charge is -2.06. The smallest absolute Gasteiger partial charge is 0.230 e. The van der Waals surface area contributed by atoms with Crippen LogP contribution in [0.3, 0.4) is 0 Å². The highest BCUT2D eigenvalue weighted by atomic mass is 35.5. The van der Waals surface area contributed by atoms with Gasteiger partial charge in [-0.05, 0) is 31.0 Å². The van der Waals surface area contributed by atoms with Crippen LogP contribution in [0.2, 0.25) is 5.02 Å². The van der Waals surface area contributed by atoms with Crippen LogP contribution in [0.1, 0.15) is 12.8 Å². The normalized spacial score (nSPS) is 14.8. The predicted molar refractivity (Wildman–Crippen MR) is 67.8 cm³/mol. The Kier molecular flexibility index (Phi) is 3.61. The first-order chi connectivity index (χ1) is 7.65. The molecular formula is C11H13ClN2OS. The average Bonchev–Trinajstić information content (AvgIpc) is 3.00. The molecule has 1 aromatic carbocycles. The van der Waals surface area contributed by atoms with Gasteiger partial charge in [0.15, 0.2) is 0 Å². The average molecular weight is 257 g/mol. The molecule has 86 valence electrons. The molecule has 0 bridgehead atoms. The summed E-state index contributed by atoms with van der Waals surface area (Å²) < 4.78 is 0. The van der Waals surface area contributed by atoms with E-state index >= 15 is 0 Å².